The Hall–Kier alpha value is -3.27. The molecule has 172 valence electrons. The minimum Gasteiger partial charge on any atom is -0.452 e. The van der Waals surface area contributed by atoms with Gasteiger partial charge in [-0.1, -0.05) is 36.4 Å². The monoisotopic (exact) mass is 468 g/mol. The van der Waals surface area contributed by atoms with Gasteiger partial charge in [-0.05, 0) is 47.5 Å². The van der Waals surface area contributed by atoms with E-state index in [0.717, 1.165) is 10.8 Å². The molecule has 0 radical (unpaired) electrons. The van der Waals surface area contributed by atoms with Crippen molar-refractivity contribution in [2.24, 2.45) is 0 Å². The van der Waals surface area contributed by atoms with E-state index in [4.69, 9.17) is 9.47 Å². The number of amides is 1. The molecule has 1 fully saturated rings. The Morgan fingerprint density at radius 3 is 2.48 bits per heavy atom. The first-order valence-electron chi connectivity index (χ1n) is 10.5. The summed E-state index contributed by atoms with van der Waals surface area (Å²) >= 11 is 0. The van der Waals surface area contributed by atoms with Gasteiger partial charge in [-0.3, -0.25) is 4.79 Å². The molecule has 1 saturated heterocycles. The van der Waals surface area contributed by atoms with E-state index >= 15 is 0 Å². The molecule has 0 aliphatic carbocycles. The third kappa shape index (κ3) is 5.22. The van der Waals surface area contributed by atoms with Gasteiger partial charge in [0.25, 0.3) is 5.91 Å². The molecule has 0 atom stereocenters. The van der Waals surface area contributed by atoms with E-state index in [2.05, 4.69) is 5.32 Å². The Kier molecular flexibility index (Phi) is 6.73. The highest BCUT2D eigenvalue weighted by molar-refractivity contribution is 7.89. The summed E-state index contributed by atoms with van der Waals surface area (Å²) < 4.78 is 37.5. The molecule has 0 unspecified atom stereocenters. The van der Waals surface area contributed by atoms with Gasteiger partial charge in [0.15, 0.2) is 6.61 Å². The van der Waals surface area contributed by atoms with E-state index in [0.29, 0.717) is 30.0 Å². The van der Waals surface area contributed by atoms with Crippen LogP contribution in [0.3, 0.4) is 0 Å². The number of anilines is 1. The second-order valence-electron chi connectivity index (χ2n) is 7.68. The van der Waals surface area contributed by atoms with E-state index < -0.39 is 28.5 Å². The minimum atomic E-state index is -3.70. The Morgan fingerprint density at radius 2 is 1.73 bits per heavy atom. The fourth-order valence-corrected chi connectivity index (χ4v) is 4.98. The summed E-state index contributed by atoms with van der Waals surface area (Å²) in [5, 5.41) is 4.53. The zero-order valence-electron chi connectivity index (χ0n) is 18.1. The summed E-state index contributed by atoms with van der Waals surface area (Å²) in [7, 11) is -3.70. The lowest BCUT2D eigenvalue weighted by Gasteiger charge is -2.26. The zero-order chi connectivity index (χ0) is 23.4. The number of fused-ring (bicyclic) bond motifs is 1. The average molecular weight is 469 g/mol. The highest BCUT2D eigenvalue weighted by Gasteiger charge is 2.27. The number of morpholine rings is 1. The molecule has 0 spiro atoms. The second-order valence-corrected chi connectivity index (χ2v) is 9.62. The van der Waals surface area contributed by atoms with Gasteiger partial charge in [-0.2, -0.15) is 4.31 Å². The predicted octanol–water partition coefficient (Wildman–Crippen LogP) is 2.96. The number of carbonyl (C=O) groups is 2. The molecule has 1 heterocycles. The molecule has 9 heteroatoms. The van der Waals surface area contributed by atoms with Crippen LogP contribution in [0.15, 0.2) is 65.6 Å². The molecule has 1 N–H and O–H groups in total. The van der Waals surface area contributed by atoms with E-state index in [1.54, 1.807) is 25.1 Å². The van der Waals surface area contributed by atoms with Crippen molar-refractivity contribution in [3.8, 4) is 0 Å². The number of nitrogens with zero attached hydrogens (tertiary/aromatic N) is 1. The maximum Gasteiger partial charge on any atom is 0.338 e. The van der Waals surface area contributed by atoms with Crippen LogP contribution in [0.5, 0.6) is 0 Å². The molecular weight excluding hydrogens is 444 g/mol. The quantitative estimate of drug-likeness (QED) is 0.558. The second kappa shape index (κ2) is 9.70. The summed E-state index contributed by atoms with van der Waals surface area (Å²) in [6, 6.07) is 17.3. The lowest BCUT2D eigenvalue weighted by Crippen LogP contribution is -2.40. The van der Waals surface area contributed by atoms with E-state index in [1.807, 2.05) is 30.3 Å². The number of carbonyl (C=O) groups excluding carboxylic acids is 2. The molecule has 3 aromatic carbocycles. The van der Waals surface area contributed by atoms with Crippen molar-refractivity contribution >= 4 is 38.4 Å². The summed E-state index contributed by atoms with van der Waals surface area (Å²) in [6.07, 6.45) is 0. The molecule has 0 bridgehead atoms. The van der Waals surface area contributed by atoms with Crippen molar-refractivity contribution in [1.29, 1.82) is 0 Å². The van der Waals surface area contributed by atoms with Crippen molar-refractivity contribution in [2.45, 2.75) is 11.8 Å². The van der Waals surface area contributed by atoms with E-state index in [1.165, 1.54) is 16.4 Å². The summed E-state index contributed by atoms with van der Waals surface area (Å²) in [5.74, 6) is -1.18. The summed E-state index contributed by atoms with van der Waals surface area (Å²) in [4.78, 5) is 24.9. The summed E-state index contributed by atoms with van der Waals surface area (Å²) in [5.41, 5.74) is 1.37. The van der Waals surface area contributed by atoms with Crippen molar-refractivity contribution < 1.29 is 27.5 Å². The predicted molar refractivity (Wildman–Crippen MR) is 124 cm³/mol. The van der Waals surface area contributed by atoms with Crippen LogP contribution in [0, 0.1) is 6.92 Å². The molecule has 8 nitrogen and oxygen atoms in total. The Balaban J connectivity index is 1.41. The third-order valence-corrected chi connectivity index (χ3v) is 7.31. The molecule has 1 amide bonds. The smallest absolute Gasteiger partial charge is 0.338 e. The number of hydrogen-bond donors (Lipinski definition) is 1. The average Bonchev–Trinajstić information content (AvgIpc) is 2.84. The highest BCUT2D eigenvalue weighted by Crippen LogP contribution is 2.24. The van der Waals surface area contributed by atoms with Crippen LogP contribution in [0.2, 0.25) is 0 Å². The van der Waals surface area contributed by atoms with Gasteiger partial charge in [0.2, 0.25) is 10.0 Å². The Bertz CT molecular complexity index is 1300. The van der Waals surface area contributed by atoms with Gasteiger partial charge in [0.1, 0.15) is 0 Å². The van der Waals surface area contributed by atoms with Crippen LogP contribution >= 0.6 is 0 Å². The van der Waals surface area contributed by atoms with Gasteiger partial charge in [0.05, 0.1) is 23.7 Å². The number of aryl methyl sites for hydroxylation is 1. The first-order chi connectivity index (χ1) is 15.8. The molecule has 0 aromatic heterocycles. The number of benzene rings is 3. The Morgan fingerprint density at radius 1 is 1.00 bits per heavy atom. The first kappa shape index (κ1) is 22.9. The Labute approximate surface area is 192 Å². The van der Waals surface area contributed by atoms with Gasteiger partial charge in [-0.15, -0.1) is 0 Å². The van der Waals surface area contributed by atoms with Gasteiger partial charge in [-0.25, -0.2) is 13.2 Å². The fraction of sp³-hybridized carbons (Fsp3) is 0.250. The van der Waals surface area contributed by atoms with E-state index in [-0.39, 0.29) is 18.0 Å². The normalized spacial score (nSPS) is 14.7. The van der Waals surface area contributed by atoms with Gasteiger partial charge >= 0.3 is 5.97 Å². The number of rotatable bonds is 6. The van der Waals surface area contributed by atoms with Crippen molar-refractivity contribution in [2.75, 3.05) is 38.2 Å². The molecular formula is C24H24N2O6S. The van der Waals surface area contributed by atoms with Crippen LogP contribution in [0.25, 0.3) is 10.8 Å². The first-order valence-corrected chi connectivity index (χ1v) is 11.9. The van der Waals surface area contributed by atoms with Crippen LogP contribution in [0.4, 0.5) is 5.69 Å². The molecule has 4 rings (SSSR count). The van der Waals surface area contributed by atoms with Crippen molar-refractivity contribution in [1.82, 2.24) is 4.31 Å². The molecule has 33 heavy (non-hydrogen) atoms. The number of hydrogen-bond acceptors (Lipinski definition) is 6. The number of nitrogens with one attached hydrogen (secondary N) is 1. The lowest BCUT2D eigenvalue weighted by molar-refractivity contribution is -0.119. The maximum atomic E-state index is 12.9. The van der Waals surface area contributed by atoms with Gasteiger partial charge < -0.3 is 14.8 Å². The number of esters is 1. The van der Waals surface area contributed by atoms with E-state index in [9.17, 15) is 18.0 Å². The topological polar surface area (TPSA) is 102 Å². The summed E-state index contributed by atoms with van der Waals surface area (Å²) in [6.45, 7) is 2.51. The largest absolute Gasteiger partial charge is 0.452 e. The van der Waals surface area contributed by atoms with Crippen molar-refractivity contribution in [3.63, 3.8) is 0 Å². The van der Waals surface area contributed by atoms with Crippen LogP contribution in [-0.4, -0.2) is 57.5 Å². The SMILES string of the molecule is Cc1ccc(S(=O)(=O)N2CCOCC2)cc1NC(=O)COC(=O)c1ccc2ccccc2c1. The number of ether oxygens (including phenoxy) is 2. The molecule has 3 aromatic rings. The third-order valence-electron chi connectivity index (χ3n) is 5.41. The van der Waals surface area contributed by atoms with Crippen LogP contribution in [-0.2, 0) is 24.3 Å². The fourth-order valence-electron chi connectivity index (χ4n) is 3.55. The maximum absolute atomic E-state index is 12.9. The molecule has 1 aliphatic heterocycles. The number of sulfonamides is 1. The lowest BCUT2D eigenvalue weighted by atomic mass is 10.1. The minimum absolute atomic E-state index is 0.0819. The molecule has 0 saturated carbocycles. The standard InChI is InChI=1S/C24H24N2O6S/c1-17-6-9-21(33(29,30)26-10-12-31-13-11-26)15-22(17)25-23(27)16-32-24(28)20-8-7-18-4-2-3-5-19(18)14-20/h2-9,14-15H,10-13,16H2,1H3,(H,25,27). The highest BCUT2D eigenvalue weighted by atomic mass is 32.2. The van der Waals surface area contributed by atoms with Crippen molar-refractivity contribution in [3.05, 3.63) is 71.8 Å². The molecule has 1 aliphatic rings. The zero-order valence-corrected chi connectivity index (χ0v) is 18.9. The van der Waals surface area contributed by atoms with Crippen LogP contribution < -0.4 is 5.32 Å². The van der Waals surface area contributed by atoms with Gasteiger partial charge in [0, 0.05) is 18.8 Å². The van der Waals surface area contributed by atoms with Crippen LogP contribution in [0.1, 0.15) is 15.9 Å².